The van der Waals surface area contributed by atoms with Crippen LogP contribution in [0, 0.1) is 27.7 Å². The number of aryl methyl sites for hydroxylation is 4. The standard InChI is InChI=1S/C29H37N7O/c1-18-8-9-20(3)24(16-18)34-10-12-35(13-11-34)26(27-31-32-33-36(27)29(5,6)7)23-17-22-15-19(2)14-21(4)25(22)30-28(23)37/h8-9,14-17,26H,10-13H2,1-7H3,(H,30,37)/t26-/m0/s1. The van der Waals surface area contributed by atoms with Crippen molar-refractivity contribution in [1.29, 1.82) is 0 Å². The molecule has 0 aliphatic carbocycles. The van der Waals surface area contributed by atoms with Gasteiger partial charge >= 0.3 is 0 Å². The van der Waals surface area contributed by atoms with Gasteiger partial charge in [0, 0.05) is 37.4 Å². The number of anilines is 1. The summed E-state index contributed by atoms with van der Waals surface area (Å²) in [6, 6.07) is 12.5. The third-order valence-corrected chi connectivity index (χ3v) is 7.38. The maximum Gasteiger partial charge on any atom is 0.253 e. The minimum atomic E-state index is -0.357. The maximum absolute atomic E-state index is 13.6. The van der Waals surface area contributed by atoms with E-state index in [0.717, 1.165) is 42.6 Å². The van der Waals surface area contributed by atoms with E-state index in [9.17, 15) is 4.79 Å². The van der Waals surface area contributed by atoms with Crippen LogP contribution in [-0.2, 0) is 5.54 Å². The average molecular weight is 500 g/mol. The molecule has 3 heterocycles. The minimum absolute atomic E-state index is 0.0927. The molecule has 194 valence electrons. The summed E-state index contributed by atoms with van der Waals surface area (Å²) in [7, 11) is 0. The van der Waals surface area contributed by atoms with E-state index in [1.165, 1.54) is 22.4 Å². The first-order chi connectivity index (χ1) is 17.5. The van der Waals surface area contributed by atoms with E-state index in [4.69, 9.17) is 0 Å². The number of pyridine rings is 1. The second kappa shape index (κ2) is 9.41. The summed E-state index contributed by atoms with van der Waals surface area (Å²) in [5, 5.41) is 13.9. The SMILES string of the molecule is Cc1ccc(C)c(N2CCN([C@@H](c3cc4cc(C)cc(C)c4[nH]c3=O)c3nnnn3C(C)(C)C)CC2)c1. The molecule has 5 rings (SSSR count). The topological polar surface area (TPSA) is 82.9 Å². The molecule has 37 heavy (non-hydrogen) atoms. The van der Waals surface area contributed by atoms with E-state index in [2.05, 4.69) is 102 Å². The Bertz CT molecular complexity index is 1500. The molecule has 0 spiro atoms. The second-order valence-electron chi connectivity index (χ2n) is 11.4. The van der Waals surface area contributed by atoms with Crippen molar-refractivity contribution in [3.63, 3.8) is 0 Å². The van der Waals surface area contributed by atoms with Crippen molar-refractivity contribution < 1.29 is 0 Å². The highest BCUT2D eigenvalue weighted by molar-refractivity contribution is 5.83. The predicted octanol–water partition coefficient (Wildman–Crippen LogP) is 4.41. The maximum atomic E-state index is 13.6. The second-order valence-corrected chi connectivity index (χ2v) is 11.4. The van der Waals surface area contributed by atoms with E-state index in [0.29, 0.717) is 11.4 Å². The third kappa shape index (κ3) is 4.78. The lowest BCUT2D eigenvalue weighted by atomic mass is 9.99. The molecule has 4 aromatic rings. The molecule has 0 unspecified atom stereocenters. The Hall–Kier alpha value is -3.52. The highest BCUT2D eigenvalue weighted by Crippen LogP contribution is 2.32. The summed E-state index contributed by atoms with van der Waals surface area (Å²) in [4.78, 5) is 21.6. The highest BCUT2D eigenvalue weighted by Gasteiger charge is 2.35. The molecule has 1 N–H and O–H groups in total. The van der Waals surface area contributed by atoms with Crippen LogP contribution in [0.3, 0.4) is 0 Å². The molecular weight excluding hydrogens is 462 g/mol. The Morgan fingerprint density at radius 1 is 0.892 bits per heavy atom. The number of aromatic nitrogens is 5. The lowest BCUT2D eigenvalue weighted by Gasteiger charge is -2.40. The van der Waals surface area contributed by atoms with E-state index < -0.39 is 0 Å². The van der Waals surface area contributed by atoms with Crippen LogP contribution in [0.15, 0.2) is 41.2 Å². The quantitative estimate of drug-likeness (QED) is 0.448. The fourth-order valence-corrected chi connectivity index (χ4v) is 5.53. The Morgan fingerprint density at radius 3 is 2.32 bits per heavy atom. The first-order valence-electron chi connectivity index (χ1n) is 13.0. The molecule has 0 amide bonds. The normalized spacial score (nSPS) is 15.9. The van der Waals surface area contributed by atoms with Crippen LogP contribution >= 0.6 is 0 Å². The molecule has 8 nitrogen and oxygen atoms in total. The molecule has 0 bridgehead atoms. The summed E-state index contributed by atoms with van der Waals surface area (Å²) >= 11 is 0. The smallest absolute Gasteiger partial charge is 0.253 e. The summed E-state index contributed by atoms with van der Waals surface area (Å²) < 4.78 is 1.86. The van der Waals surface area contributed by atoms with Crippen molar-refractivity contribution >= 4 is 16.6 Å². The number of aromatic amines is 1. The summed E-state index contributed by atoms with van der Waals surface area (Å²) in [6.07, 6.45) is 0. The predicted molar refractivity (Wildman–Crippen MR) is 148 cm³/mol. The lowest BCUT2D eigenvalue weighted by molar-refractivity contribution is 0.190. The van der Waals surface area contributed by atoms with Crippen molar-refractivity contribution in [1.82, 2.24) is 30.1 Å². The average Bonchev–Trinajstić information content (AvgIpc) is 3.32. The van der Waals surface area contributed by atoms with Gasteiger partial charge in [-0.3, -0.25) is 9.69 Å². The lowest BCUT2D eigenvalue weighted by Crippen LogP contribution is -2.49. The molecule has 2 aromatic heterocycles. The minimum Gasteiger partial charge on any atom is -0.369 e. The first-order valence-corrected chi connectivity index (χ1v) is 13.0. The highest BCUT2D eigenvalue weighted by atomic mass is 16.1. The number of nitrogens with one attached hydrogen (secondary N) is 1. The molecule has 1 saturated heterocycles. The first kappa shape index (κ1) is 25.1. The molecule has 2 aromatic carbocycles. The van der Waals surface area contributed by atoms with Crippen LogP contribution in [0.5, 0.6) is 0 Å². The number of piperazine rings is 1. The van der Waals surface area contributed by atoms with Gasteiger partial charge in [0.25, 0.3) is 5.56 Å². The van der Waals surface area contributed by atoms with Crippen molar-refractivity contribution in [3.8, 4) is 0 Å². The van der Waals surface area contributed by atoms with E-state index in [1.807, 2.05) is 17.7 Å². The van der Waals surface area contributed by atoms with E-state index in [-0.39, 0.29) is 17.1 Å². The van der Waals surface area contributed by atoms with Crippen LogP contribution in [0.1, 0.15) is 60.5 Å². The molecule has 1 atom stereocenters. The molecular formula is C29H37N7O. The Kier molecular flexibility index (Phi) is 6.40. The van der Waals surface area contributed by atoms with Crippen molar-refractivity contribution in [3.05, 3.63) is 80.4 Å². The molecule has 1 aliphatic rings. The summed E-state index contributed by atoms with van der Waals surface area (Å²) in [6.45, 7) is 18.0. The third-order valence-electron chi connectivity index (χ3n) is 7.38. The van der Waals surface area contributed by atoms with Crippen LogP contribution in [0.25, 0.3) is 10.9 Å². The largest absolute Gasteiger partial charge is 0.369 e. The molecule has 1 fully saturated rings. The Labute approximate surface area is 218 Å². The van der Waals surface area contributed by atoms with Gasteiger partial charge in [0.15, 0.2) is 5.82 Å². The summed E-state index contributed by atoms with van der Waals surface area (Å²) in [5.41, 5.74) is 7.20. The van der Waals surface area contributed by atoms with Crippen LogP contribution < -0.4 is 10.5 Å². The van der Waals surface area contributed by atoms with Gasteiger partial charge in [0.2, 0.25) is 0 Å². The van der Waals surface area contributed by atoms with Gasteiger partial charge in [-0.15, -0.1) is 5.10 Å². The Morgan fingerprint density at radius 2 is 1.62 bits per heavy atom. The Balaban J connectivity index is 1.58. The number of H-pyrrole nitrogens is 1. The van der Waals surface area contributed by atoms with Gasteiger partial charge in [0.05, 0.1) is 11.1 Å². The van der Waals surface area contributed by atoms with Gasteiger partial charge in [-0.2, -0.15) is 0 Å². The van der Waals surface area contributed by atoms with Crippen molar-refractivity contribution in [2.45, 2.75) is 60.0 Å². The fourth-order valence-electron chi connectivity index (χ4n) is 5.53. The zero-order valence-corrected chi connectivity index (χ0v) is 23.0. The van der Waals surface area contributed by atoms with Gasteiger partial charge in [-0.05, 0) is 99.2 Å². The monoisotopic (exact) mass is 499 g/mol. The van der Waals surface area contributed by atoms with Crippen molar-refractivity contribution in [2.75, 3.05) is 31.1 Å². The van der Waals surface area contributed by atoms with Gasteiger partial charge in [-0.1, -0.05) is 23.8 Å². The van der Waals surface area contributed by atoms with E-state index >= 15 is 0 Å². The number of nitrogens with zero attached hydrogens (tertiary/aromatic N) is 6. The molecule has 0 saturated carbocycles. The van der Waals surface area contributed by atoms with Crippen LogP contribution in [0.4, 0.5) is 5.69 Å². The molecule has 8 heteroatoms. The number of tetrazole rings is 1. The molecule has 1 aliphatic heterocycles. The van der Waals surface area contributed by atoms with Crippen LogP contribution in [-0.4, -0.2) is 56.3 Å². The number of hydrogen-bond acceptors (Lipinski definition) is 6. The van der Waals surface area contributed by atoms with Gasteiger partial charge < -0.3 is 9.88 Å². The zero-order valence-electron chi connectivity index (χ0n) is 23.0. The fraction of sp³-hybridized carbons (Fsp3) is 0.448. The molecule has 0 radical (unpaired) electrons. The number of rotatable bonds is 4. The van der Waals surface area contributed by atoms with Gasteiger partial charge in [0.1, 0.15) is 6.04 Å². The van der Waals surface area contributed by atoms with Crippen LogP contribution in [0.2, 0.25) is 0 Å². The summed E-state index contributed by atoms with van der Waals surface area (Å²) in [5.74, 6) is 0.696. The van der Waals surface area contributed by atoms with E-state index in [1.54, 1.807) is 0 Å². The van der Waals surface area contributed by atoms with Gasteiger partial charge in [-0.25, -0.2) is 4.68 Å². The number of hydrogen-bond donors (Lipinski definition) is 1. The number of fused-ring (bicyclic) bond motifs is 1. The zero-order chi connectivity index (χ0) is 26.5. The van der Waals surface area contributed by atoms with Crippen molar-refractivity contribution in [2.24, 2.45) is 0 Å². The number of benzene rings is 2.